The fourth-order valence-electron chi connectivity index (χ4n) is 3.62. The number of nitro groups is 1. The Morgan fingerprint density at radius 2 is 1.84 bits per heavy atom. The average molecular weight is 423 g/mol. The number of ketones is 1. The summed E-state index contributed by atoms with van der Waals surface area (Å²) in [7, 11) is 3.73. The van der Waals surface area contributed by atoms with Gasteiger partial charge in [0.15, 0.2) is 0 Å². The lowest BCUT2D eigenvalue weighted by atomic mass is 9.94. The third kappa shape index (κ3) is 4.49. The van der Waals surface area contributed by atoms with Crippen molar-refractivity contribution in [1.29, 1.82) is 0 Å². The first-order chi connectivity index (χ1) is 14.7. The van der Waals surface area contributed by atoms with Gasteiger partial charge in [0.25, 0.3) is 17.4 Å². The van der Waals surface area contributed by atoms with Gasteiger partial charge in [0.2, 0.25) is 0 Å². The van der Waals surface area contributed by atoms with Gasteiger partial charge in [-0.25, -0.2) is 0 Å². The molecule has 8 nitrogen and oxygen atoms in total. The topological polar surface area (TPSA) is 104 Å². The standard InChI is InChI=1S/C23H25N3O5/c1-4-15-8-10-16(11-9-15)20-19(22(28)23(29)25(20)13-12-24(2)3)21(27)17-6-5-7-18(14-17)26(30)31/h5-11,14,20,27H,4,12-13H2,1-3H3/b21-19-. The minimum absolute atomic E-state index is 0.0616. The molecule has 0 bridgehead atoms. The van der Waals surface area contributed by atoms with E-state index in [9.17, 15) is 24.8 Å². The highest BCUT2D eigenvalue weighted by molar-refractivity contribution is 6.46. The van der Waals surface area contributed by atoms with Crippen molar-refractivity contribution < 1.29 is 19.6 Å². The van der Waals surface area contributed by atoms with Crippen LogP contribution >= 0.6 is 0 Å². The molecule has 0 aliphatic carbocycles. The normalized spacial score (nSPS) is 18.1. The summed E-state index contributed by atoms with van der Waals surface area (Å²) in [5.74, 6) is -1.91. The number of nitrogens with zero attached hydrogens (tertiary/aromatic N) is 3. The summed E-state index contributed by atoms with van der Waals surface area (Å²) in [5, 5.41) is 22.1. The molecular formula is C23H25N3O5. The molecule has 3 rings (SSSR count). The molecule has 0 aromatic heterocycles. The molecule has 0 saturated carbocycles. The van der Waals surface area contributed by atoms with Crippen LogP contribution in [0.2, 0.25) is 0 Å². The Morgan fingerprint density at radius 3 is 2.42 bits per heavy atom. The van der Waals surface area contributed by atoms with Gasteiger partial charge in [-0.2, -0.15) is 0 Å². The third-order valence-electron chi connectivity index (χ3n) is 5.36. The highest BCUT2D eigenvalue weighted by Crippen LogP contribution is 2.39. The van der Waals surface area contributed by atoms with Crippen LogP contribution in [0, 0.1) is 10.1 Å². The van der Waals surface area contributed by atoms with E-state index in [1.165, 1.54) is 29.2 Å². The lowest BCUT2D eigenvalue weighted by Gasteiger charge is -2.26. The first-order valence-corrected chi connectivity index (χ1v) is 10.0. The van der Waals surface area contributed by atoms with Crippen LogP contribution in [0.5, 0.6) is 0 Å². The minimum atomic E-state index is -0.799. The molecular weight excluding hydrogens is 398 g/mol. The second-order valence-corrected chi connectivity index (χ2v) is 7.70. The maximum atomic E-state index is 12.9. The van der Waals surface area contributed by atoms with Crippen molar-refractivity contribution in [2.24, 2.45) is 0 Å². The average Bonchev–Trinajstić information content (AvgIpc) is 3.02. The smallest absolute Gasteiger partial charge is 0.295 e. The molecule has 162 valence electrons. The molecule has 0 spiro atoms. The van der Waals surface area contributed by atoms with E-state index in [0.717, 1.165) is 12.0 Å². The largest absolute Gasteiger partial charge is 0.507 e. The predicted octanol–water partition coefficient (Wildman–Crippen LogP) is 3.14. The first kappa shape index (κ1) is 22.2. The van der Waals surface area contributed by atoms with Crippen LogP contribution in [0.25, 0.3) is 5.76 Å². The number of likely N-dealkylation sites (tertiary alicyclic amines) is 1. The molecule has 1 heterocycles. The highest BCUT2D eigenvalue weighted by atomic mass is 16.6. The van der Waals surface area contributed by atoms with Gasteiger partial charge in [-0.1, -0.05) is 43.3 Å². The zero-order chi connectivity index (χ0) is 22.7. The van der Waals surface area contributed by atoms with Crippen molar-refractivity contribution in [2.45, 2.75) is 19.4 Å². The second kappa shape index (κ2) is 9.09. The number of non-ortho nitro benzene ring substituents is 1. The van der Waals surface area contributed by atoms with E-state index in [-0.39, 0.29) is 16.8 Å². The number of nitro benzene ring substituents is 1. The Kier molecular flexibility index (Phi) is 6.50. The van der Waals surface area contributed by atoms with Crippen LogP contribution in [0.3, 0.4) is 0 Å². The van der Waals surface area contributed by atoms with Crippen molar-refractivity contribution >= 4 is 23.1 Å². The van der Waals surface area contributed by atoms with Gasteiger partial charge in [0.05, 0.1) is 16.5 Å². The Morgan fingerprint density at radius 1 is 1.16 bits per heavy atom. The summed E-state index contributed by atoms with van der Waals surface area (Å²) in [6.45, 7) is 2.86. The van der Waals surface area contributed by atoms with Gasteiger partial charge in [0.1, 0.15) is 5.76 Å². The Bertz CT molecular complexity index is 1040. The molecule has 1 N–H and O–H groups in total. The summed E-state index contributed by atoms with van der Waals surface area (Å²) in [6.07, 6.45) is 0.842. The summed E-state index contributed by atoms with van der Waals surface area (Å²) < 4.78 is 0. The zero-order valence-electron chi connectivity index (χ0n) is 17.7. The molecule has 1 saturated heterocycles. The number of aryl methyl sites for hydroxylation is 1. The molecule has 0 radical (unpaired) electrons. The van der Waals surface area contributed by atoms with Crippen molar-refractivity contribution in [3.8, 4) is 0 Å². The van der Waals surface area contributed by atoms with E-state index in [1.807, 2.05) is 50.2 Å². The van der Waals surface area contributed by atoms with Crippen LogP contribution in [0.15, 0.2) is 54.1 Å². The summed E-state index contributed by atoms with van der Waals surface area (Å²) in [4.78, 5) is 39.7. The SMILES string of the molecule is CCc1ccc(C2/C(=C(/O)c3cccc([N+](=O)[O-])c3)C(=O)C(=O)N2CCN(C)C)cc1. The maximum absolute atomic E-state index is 12.9. The van der Waals surface area contributed by atoms with Crippen LogP contribution in [-0.2, 0) is 16.0 Å². The number of aliphatic hydroxyl groups is 1. The van der Waals surface area contributed by atoms with Crippen LogP contribution in [0.1, 0.15) is 29.7 Å². The molecule has 1 aliphatic heterocycles. The molecule has 8 heteroatoms. The number of rotatable bonds is 7. The maximum Gasteiger partial charge on any atom is 0.295 e. The Hall–Kier alpha value is -3.52. The molecule has 31 heavy (non-hydrogen) atoms. The van der Waals surface area contributed by atoms with E-state index in [4.69, 9.17) is 0 Å². The molecule has 2 aromatic rings. The van der Waals surface area contributed by atoms with E-state index >= 15 is 0 Å². The first-order valence-electron chi connectivity index (χ1n) is 10.0. The van der Waals surface area contributed by atoms with Gasteiger partial charge in [0, 0.05) is 30.8 Å². The van der Waals surface area contributed by atoms with E-state index in [0.29, 0.717) is 18.7 Å². The van der Waals surface area contributed by atoms with Crippen molar-refractivity contribution in [2.75, 3.05) is 27.2 Å². The van der Waals surface area contributed by atoms with Gasteiger partial charge in [-0.05, 0) is 31.6 Å². The zero-order valence-corrected chi connectivity index (χ0v) is 17.7. The number of carbonyl (C=O) groups is 2. The monoisotopic (exact) mass is 423 g/mol. The number of benzene rings is 2. The van der Waals surface area contributed by atoms with Crippen LogP contribution in [-0.4, -0.2) is 58.7 Å². The Balaban J connectivity index is 2.15. The van der Waals surface area contributed by atoms with Crippen LogP contribution in [0.4, 0.5) is 5.69 Å². The number of carbonyl (C=O) groups excluding carboxylic acids is 2. The fraction of sp³-hybridized carbons (Fsp3) is 0.304. The molecule has 2 aromatic carbocycles. The molecule has 1 unspecified atom stereocenters. The summed E-state index contributed by atoms with van der Waals surface area (Å²) >= 11 is 0. The van der Waals surface area contributed by atoms with Crippen molar-refractivity contribution in [1.82, 2.24) is 9.80 Å². The number of Topliss-reactive ketones (excluding diaryl/α,β-unsaturated/α-hetero) is 1. The molecule has 1 amide bonds. The Labute approximate surface area is 180 Å². The molecule has 1 aliphatic rings. The second-order valence-electron chi connectivity index (χ2n) is 7.70. The van der Waals surface area contributed by atoms with Gasteiger partial charge < -0.3 is 14.9 Å². The number of hydrogen-bond acceptors (Lipinski definition) is 6. The van der Waals surface area contributed by atoms with E-state index < -0.39 is 28.4 Å². The van der Waals surface area contributed by atoms with Crippen molar-refractivity contribution in [3.63, 3.8) is 0 Å². The van der Waals surface area contributed by atoms with Gasteiger partial charge in [-0.15, -0.1) is 0 Å². The summed E-state index contributed by atoms with van der Waals surface area (Å²) in [5.41, 5.74) is 1.65. The molecule has 1 atom stereocenters. The number of likely N-dealkylation sites (N-methyl/N-ethyl adjacent to an activating group) is 1. The third-order valence-corrected chi connectivity index (χ3v) is 5.36. The van der Waals surface area contributed by atoms with Crippen LogP contribution < -0.4 is 0 Å². The van der Waals surface area contributed by atoms with Gasteiger partial charge >= 0.3 is 0 Å². The van der Waals surface area contributed by atoms with Crippen molar-refractivity contribution in [3.05, 3.63) is 80.9 Å². The lowest BCUT2D eigenvalue weighted by molar-refractivity contribution is -0.384. The van der Waals surface area contributed by atoms with Gasteiger partial charge in [-0.3, -0.25) is 19.7 Å². The number of aliphatic hydroxyl groups excluding tert-OH is 1. The molecule has 1 fully saturated rings. The number of amides is 1. The highest BCUT2D eigenvalue weighted by Gasteiger charge is 2.45. The lowest BCUT2D eigenvalue weighted by Crippen LogP contribution is -2.35. The summed E-state index contributed by atoms with van der Waals surface area (Å²) in [6, 6.07) is 12.2. The van der Waals surface area contributed by atoms with E-state index in [2.05, 4.69) is 0 Å². The van der Waals surface area contributed by atoms with E-state index in [1.54, 1.807) is 0 Å². The minimum Gasteiger partial charge on any atom is -0.507 e. The predicted molar refractivity (Wildman–Crippen MR) is 116 cm³/mol. The number of hydrogen-bond donors (Lipinski definition) is 1. The fourth-order valence-corrected chi connectivity index (χ4v) is 3.62. The quantitative estimate of drug-likeness (QED) is 0.241.